The first-order chi connectivity index (χ1) is 13.8. The van der Waals surface area contributed by atoms with E-state index in [1.807, 2.05) is 7.05 Å². The van der Waals surface area contributed by atoms with Crippen LogP contribution in [-0.4, -0.2) is 33.7 Å². The van der Waals surface area contributed by atoms with Crippen LogP contribution in [0.5, 0.6) is 5.88 Å². The molecule has 3 aromatic heterocycles. The molecule has 0 amide bonds. The summed E-state index contributed by atoms with van der Waals surface area (Å²) in [5.41, 5.74) is 6.87. The highest BCUT2D eigenvalue weighted by Gasteiger charge is 2.20. The number of aromatic nitrogens is 4. The van der Waals surface area contributed by atoms with E-state index in [4.69, 9.17) is 19.6 Å². The summed E-state index contributed by atoms with van der Waals surface area (Å²) in [6.07, 6.45) is 2.94. The summed E-state index contributed by atoms with van der Waals surface area (Å²) >= 11 is 0. The number of hydrogen-bond donors (Lipinski definition) is 0. The Morgan fingerprint density at radius 1 is 1.10 bits per heavy atom. The van der Waals surface area contributed by atoms with Gasteiger partial charge in [0.15, 0.2) is 5.65 Å². The number of methoxy groups -OCH3 is 1. The zero-order valence-electron chi connectivity index (χ0n) is 18.6. The number of nitroso groups, excluding NO2 is 1. The van der Waals surface area contributed by atoms with Gasteiger partial charge in [0.1, 0.15) is 5.52 Å². The molecule has 3 aromatic rings. The molecule has 0 bridgehead atoms. The molecule has 0 aromatic carbocycles. The molecule has 0 fully saturated rings. The van der Waals surface area contributed by atoms with Gasteiger partial charge in [-0.2, -0.15) is 4.91 Å². The molecule has 0 spiro atoms. The summed E-state index contributed by atoms with van der Waals surface area (Å²) < 4.78 is 7.65. The highest BCUT2D eigenvalue weighted by molar-refractivity contribution is 5.81. The fourth-order valence-corrected chi connectivity index (χ4v) is 3.23. The molecule has 0 unspecified atom stereocenters. The van der Waals surface area contributed by atoms with Crippen molar-refractivity contribution < 1.29 is 4.74 Å². The minimum absolute atomic E-state index is 0.346. The Morgan fingerprint density at radius 3 is 2.28 bits per heavy atom. The first kappa shape index (κ1) is 22.5. The van der Waals surface area contributed by atoms with Crippen molar-refractivity contribution in [1.29, 1.82) is 0 Å². The molecule has 3 heterocycles. The first-order valence-electron chi connectivity index (χ1n) is 9.91. The van der Waals surface area contributed by atoms with Crippen molar-refractivity contribution >= 4 is 11.2 Å². The molecule has 0 N–H and O–H groups in total. The molecule has 29 heavy (non-hydrogen) atoms. The zero-order valence-corrected chi connectivity index (χ0v) is 18.6. The number of hydrogen-bond acceptors (Lipinski definition) is 6. The maximum absolute atomic E-state index is 8.56. The number of aryl methyl sites for hydroxylation is 2. The highest BCUT2D eigenvalue weighted by Crippen LogP contribution is 2.33. The Kier molecular flexibility index (Phi) is 7.42. The lowest BCUT2D eigenvalue weighted by atomic mass is 10.0. The summed E-state index contributed by atoms with van der Waals surface area (Å²) in [4.78, 5) is 23.2. The quantitative estimate of drug-likeness (QED) is 0.551. The van der Waals surface area contributed by atoms with E-state index in [2.05, 4.69) is 67.7 Å². The first-order valence-corrected chi connectivity index (χ1v) is 9.91. The van der Waals surface area contributed by atoms with Crippen LogP contribution in [0.1, 0.15) is 63.4 Å². The molecule has 0 atom stereocenters. The van der Waals surface area contributed by atoms with Crippen molar-refractivity contribution in [3.05, 3.63) is 40.2 Å². The maximum atomic E-state index is 8.56. The van der Waals surface area contributed by atoms with Gasteiger partial charge in [-0.15, -0.1) is 0 Å². The Hall–Kier alpha value is -2.83. The van der Waals surface area contributed by atoms with E-state index in [9.17, 15) is 0 Å². The normalized spacial score (nSPS) is 11.0. The number of pyridine rings is 1. The van der Waals surface area contributed by atoms with Gasteiger partial charge < -0.3 is 9.30 Å². The second-order valence-corrected chi connectivity index (χ2v) is 7.52. The van der Waals surface area contributed by atoms with Gasteiger partial charge in [-0.1, -0.05) is 39.8 Å². The van der Waals surface area contributed by atoms with E-state index in [1.165, 1.54) is 12.6 Å². The van der Waals surface area contributed by atoms with E-state index >= 15 is 0 Å². The van der Waals surface area contributed by atoms with Gasteiger partial charge >= 0.3 is 0 Å². The molecule has 0 saturated carbocycles. The molecule has 7 heteroatoms. The molecular weight excluding hydrogens is 366 g/mol. The van der Waals surface area contributed by atoms with Crippen LogP contribution in [0.3, 0.4) is 0 Å². The predicted molar refractivity (Wildman–Crippen MR) is 118 cm³/mol. The third-order valence-electron chi connectivity index (χ3n) is 4.77. The lowest BCUT2D eigenvalue weighted by Crippen LogP contribution is -2.03. The summed E-state index contributed by atoms with van der Waals surface area (Å²) in [5, 5.41) is 2.25. The largest absolute Gasteiger partial charge is 0.480 e. The van der Waals surface area contributed by atoms with Gasteiger partial charge in [0, 0.05) is 24.5 Å². The standard InChI is InChI=1S/C21H28N4O.CH3NO/c1-8-16-18(14-9-10-17(13(4)5)23-21(14)26-7)24-20-19(22-16)15(12(2)3)11-25(20)6;1-2-3/h9-13H,8H2,1-7H3;1H3. The molecule has 7 nitrogen and oxygen atoms in total. The lowest BCUT2D eigenvalue weighted by molar-refractivity contribution is 0.397. The monoisotopic (exact) mass is 397 g/mol. The van der Waals surface area contributed by atoms with Crippen molar-refractivity contribution in [3.63, 3.8) is 0 Å². The molecule has 156 valence electrons. The predicted octanol–water partition coefficient (Wildman–Crippen LogP) is 5.23. The van der Waals surface area contributed by atoms with Crippen LogP contribution in [0.4, 0.5) is 0 Å². The molecule has 0 aliphatic heterocycles. The smallest absolute Gasteiger partial charge is 0.222 e. The third-order valence-corrected chi connectivity index (χ3v) is 4.77. The van der Waals surface area contributed by atoms with E-state index < -0.39 is 0 Å². The van der Waals surface area contributed by atoms with Crippen LogP contribution in [-0.2, 0) is 13.5 Å². The summed E-state index contributed by atoms with van der Waals surface area (Å²) in [7, 11) is 4.88. The van der Waals surface area contributed by atoms with Crippen LogP contribution in [0, 0.1) is 4.91 Å². The Morgan fingerprint density at radius 2 is 1.76 bits per heavy atom. The van der Waals surface area contributed by atoms with Crippen molar-refractivity contribution in [1.82, 2.24) is 19.5 Å². The average molecular weight is 398 g/mol. The summed E-state index contributed by atoms with van der Waals surface area (Å²) in [5.74, 6) is 1.36. The molecule has 0 saturated heterocycles. The van der Waals surface area contributed by atoms with E-state index in [0.717, 1.165) is 40.2 Å². The van der Waals surface area contributed by atoms with Gasteiger partial charge in [0.05, 0.1) is 31.1 Å². The van der Waals surface area contributed by atoms with Crippen LogP contribution >= 0.6 is 0 Å². The molecular formula is C22H31N5O2. The minimum atomic E-state index is 0.346. The molecule has 0 radical (unpaired) electrons. The SMILES string of the molecule is CCc1nc2c(C(C)C)cn(C)c2nc1-c1ccc(C(C)C)nc1OC.CN=O. The van der Waals surface area contributed by atoms with Crippen molar-refractivity contribution in [2.24, 2.45) is 12.2 Å². The Bertz CT molecular complexity index is 993. The maximum Gasteiger partial charge on any atom is 0.222 e. The van der Waals surface area contributed by atoms with E-state index in [-0.39, 0.29) is 0 Å². The van der Waals surface area contributed by atoms with Gasteiger partial charge in [0.25, 0.3) is 0 Å². The molecule has 3 rings (SSSR count). The van der Waals surface area contributed by atoms with Gasteiger partial charge in [-0.3, -0.25) is 0 Å². The van der Waals surface area contributed by atoms with Crippen LogP contribution in [0.15, 0.2) is 23.5 Å². The van der Waals surface area contributed by atoms with Gasteiger partial charge in [-0.05, 0) is 30.4 Å². The van der Waals surface area contributed by atoms with Gasteiger partial charge in [-0.25, -0.2) is 15.0 Å². The molecule has 0 aliphatic carbocycles. The van der Waals surface area contributed by atoms with Crippen LogP contribution in [0.2, 0.25) is 0 Å². The van der Waals surface area contributed by atoms with Crippen molar-refractivity contribution in [2.75, 3.05) is 14.2 Å². The second-order valence-electron chi connectivity index (χ2n) is 7.52. The van der Waals surface area contributed by atoms with Crippen LogP contribution < -0.4 is 4.74 Å². The molecule has 0 aliphatic rings. The number of nitrogens with zero attached hydrogens (tertiary/aromatic N) is 5. The summed E-state index contributed by atoms with van der Waals surface area (Å²) in [6.45, 7) is 10.7. The average Bonchev–Trinajstić information content (AvgIpc) is 3.03. The fourth-order valence-electron chi connectivity index (χ4n) is 3.23. The second kappa shape index (κ2) is 9.58. The highest BCUT2D eigenvalue weighted by atomic mass is 16.5. The van der Waals surface area contributed by atoms with E-state index in [1.54, 1.807) is 7.11 Å². The number of ether oxygens (including phenoxy) is 1. The zero-order chi connectivity index (χ0) is 21.7. The van der Waals surface area contributed by atoms with E-state index in [0.29, 0.717) is 17.7 Å². The number of rotatable bonds is 5. The fraction of sp³-hybridized carbons (Fsp3) is 0.500. The minimum Gasteiger partial charge on any atom is -0.480 e. The Labute approximate surface area is 172 Å². The topological polar surface area (TPSA) is 82.3 Å². The van der Waals surface area contributed by atoms with Crippen molar-refractivity contribution in [2.45, 2.75) is 52.9 Å². The number of fused-ring (bicyclic) bond motifs is 1. The summed E-state index contributed by atoms with van der Waals surface area (Å²) in [6, 6.07) is 4.11. The Balaban J connectivity index is 0.000000941. The van der Waals surface area contributed by atoms with Crippen LogP contribution in [0.25, 0.3) is 22.4 Å². The van der Waals surface area contributed by atoms with Crippen molar-refractivity contribution in [3.8, 4) is 17.1 Å². The lowest BCUT2D eigenvalue weighted by Gasteiger charge is -2.13. The van der Waals surface area contributed by atoms with Gasteiger partial charge in [0.2, 0.25) is 5.88 Å². The third kappa shape index (κ3) is 4.60.